The van der Waals surface area contributed by atoms with Crippen molar-refractivity contribution in [1.82, 2.24) is 9.88 Å². The Hall–Kier alpha value is -1.14. The molecule has 0 aromatic carbocycles. The van der Waals surface area contributed by atoms with E-state index in [1.54, 1.807) is 18.3 Å². The highest BCUT2D eigenvalue weighted by molar-refractivity contribution is 7.90. The van der Waals surface area contributed by atoms with Crippen molar-refractivity contribution in [3.8, 4) is 0 Å². The van der Waals surface area contributed by atoms with Gasteiger partial charge in [-0.25, -0.2) is 13.4 Å². The SMILES string of the molecule is CC(CNc1ncccc1S(C)(=O)=O)N(C)C1CC1. The molecule has 19 heavy (non-hydrogen) atoms. The molecular formula is C13H21N3O2S. The van der Waals surface area contributed by atoms with Crippen molar-refractivity contribution in [1.29, 1.82) is 0 Å². The Morgan fingerprint density at radius 3 is 2.79 bits per heavy atom. The minimum absolute atomic E-state index is 0.260. The van der Waals surface area contributed by atoms with Gasteiger partial charge in [0.05, 0.1) is 0 Å². The molecule has 5 nitrogen and oxygen atoms in total. The quantitative estimate of drug-likeness (QED) is 0.854. The van der Waals surface area contributed by atoms with Crippen LogP contribution in [0.25, 0.3) is 0 Å². The highest BCUT2D eigenvalue weighted by Crippen LogP contribution is 2.27. The summed E-state index contributed by atoms with van der Waals surface area (Å²) in [5.74, 6) is 0.445. The van der Waals surface area contributed by atoms with Crippen LogP contribution >= 0.6 is 0 Å². The highest BCUT2D eigenvalue weighted by Gasteiger charge is 2.29. The molecule has 0 saturated heterocycles. The molecule has 1 atom stereocenters. The van der Waals surface area contributed by atoms with Crippen LogP contribution in [-0.2, 0) is 9.84 Å². The van der Waals surface area contributed by atoms with E-state index in [-0.39, 0.29) is 4.90 Å². The van der Waals surface area contributed by atoms with Crippen LogP contribution in [0.2, 0.25) is 0 Å². The zero-order valence-corrected chi connectivity index (χ0v) is 12.4. The molecule has 0 aliphatic heterocycles. The number of rotatable bonds is 6. The number of hydrogen-bond donors (Lipinski definition) is 1. The van der Waals surface area contributed by atoms with Gasteiger partial charge in [-0.1, -0.05) is 0 Å². The molecule has 1 aromatic rings. The largest absolute Gasteiger partial charge is 0.367 e. The maximum absolute atomic E-state index is 11.7. The Morgan fingerprint density at radius 2 is 2.21 bits per heavy atom. The third kappa shape index (κ3) is 3.67. The molecule has 0 spiro atoms. The summed E-state index contributed by atoms with van der Waals surface area (Å²) in [6.07, 6.45) is 5.33. The van der Waals surface area contributed by atoms with E-state index in [2.05, 4.69) is 29.2 Å². The molecule has 1 saturated carbocycles. The number of pyridine rings is 1. The number of aromatic nitrogens is 1. The number of nitrogens with zero attached hydrogens (tertiary/aromatic N) is 2. The van der Waals surface area contributed by atoms with Crippen molar-refractivity contribution in [2.75, 3.05) is 25.2 Å². The Morgan fingerprint density at radius 1 is 1.53 bits per heavy atom. The van der Waals surface area contributed by atoms with Gasteiger partial charge in [0.1, 0.15) is 10.7 Å². The van der Waals surface area contributed by atoms with E-state index in [0.717, 1.165) is 0 Å². The van der Waals surface area contributed by atoms with Crippen LogP contribution in [0.4, 0.5) is 5.82 Å². The summed E-state index contributed by atoms with van der Waals surface area (Å²) in [7, 11) is -1.13. The molecular weight excluding hydrogens is 262 g/mol. The van der Waals surface area contributed by atoms with E-state index in [9.17, 15) is 8.42 Å². The Balaban J connectivity index is 2.03. The molecule has 1 heterocycles. The average molecular weight is 283 g/mol. The average Bonchev–Trinajstić information content (AvgIpc) is 3.18. The summed E-state index contributed by atoms with van der Waals surface area (Å²) in [4.78, 5) is 6.72. The van der Waals surface area contributed by atoms with E-state index in [4.69, 9.17) is 0 Å². The van der Waals surface area contributed by atoms with Crippen LogP contribution in [0.1, 0.15) is 19.8 Å². The zero-order valence-electron chi connectivity index (χ0n) is 11.6. The maximum Gasteiger partial charge on any atom is 0.179 e. The first-order valence-corrected chi connectivity index (χ1v) is 8.39. The molecule has 2 rings (SSSR count). The second-order valence-electron chi connectivity index (χ2n) is 5.25. The van der Waals surface area contributed by atoms with E-state index in [0.29, 0.717) is 24.4 Å². The molecule has 1 aliphatic carbocycles. The van der Waals surface area contributed by atoms with E-state index >= 15 is 0 Å². The van der Waals surface area contributed by atoms with E-state index in [1.165, 1.54) is 19.1 Å². The van der Waals surface area contributed by atoms with E-state index < -0.39 is 9.84 Å². The van der Waals surface area contributed by atoms with Gasteiger partial charge in [-0.2, -0.15) is 0 Å². The van der Waals surface area contributed by atoms with Gasteiger partial charge in [-0.05, 0) is 38.9 Å². The summed E-state index contributed by atoms with van der Waals surface area (Å²) in [5, 5.41) is 3.15. The van der Waals surface area contributed by atoms with Crippen LogP contribution in [0.3, 0.4) is 0 Å². The van der Waals surface area contributed by atoms with Gasteiger partial charge < -0.3 is 5.32 Å². The van der Waals surface area contributed by atoms with Gasteiger partial charge >= 0.3 is 0 Å². The molecule has 0 amide bonds. The van der Waals surface area contributed by atoms with E-state index in [1.807, 2.05) is 0 Å². The lowest BCUT2D eigenvalue weighted by Crippen LogP contribution is -2.36. The second kappa shape index (κ2) is 5.46. The fraction of sp³-hybridized carbons (Fsp3) is 0.615. The number of sulfone groups is 1. The van der Waals surface area contributed by atoms with Crippen molar-refractivity contribution in [3.05, 3.63) is 18.3 Å². The number of nitrogens with one attached hydrogen (secondary N) is 1. The predicted octanol–water partition coefficient (Wildman–Crippen LogP) is 1.38. The minimum atomic E-state index is -3.24. The van der Waals surface area contributed by atoms with Gasteiger partial charge in [0.15, 0.2) is 9.84 Å². The van der Waals surface area contributed by atoms with Crippen molar-refractivity contribution in [2.24, 2.45) is 0 Å². The molecule has 1 N–H and O–H groups in total. The molecule has 1 fully saturated rings. The molecule has 6 heteroatoms. The first-order valence-electron chi connectivity index (χ1n) is 6.50. The van der Waals surface area contributed by atoms with Crippen LogP contribution in [0.5, 0.6) is 0 Å². The summed E-state index contributed by atoms with van der Waals surface area (Å²) in [6.45, 7) is 2.82. The molecule has 106 valence electrons. The molecule has 1 unspecified atom stereocenters. The standard InChI is InChI=1S/C13H21N3O2S/c1-10(16(2)11-6-7-11)9-15-13-12(19(3,17)18)5-4-8-14-13/h4-5,8,10-11H,6-7,9H2,1-3H3,(H,14,15). The summed E-state index contributed by atoms with van der Waals surface area (Å²) >= 11 is 0. The first kappa shape index (κ1) is 14.3. The smallest absolute Gasteiger partial charge is 0.179 e. The third-order valence-corrected chi connectivity index (χ3v) is 4.68. The lowest BCUT2D eigenvalue weighted by molar-refractivity contribution is 0.257. The predicted molar refractivity (Wildman–Crippen MR) is 76.1 cm³/mol. The Bertz CT molecular complexity index is 541. The molecule has 1 aromatic heterocycles. The summed E-state index contributed by atoms with van der Waals surface area (Å²) in [6, 6.07) is 4.26. The van der Waals surface area contributed by atoms with Gasteiger partial charge in [-0.3, -0.25) is 4.90 Å². The van der Waals surface area contributed by atoms with Gasteiger partial charge in [0.2, 0.25) is 0 Å². The van der Waals surface area contributed by atoms with Crippen LogP contribution in [-0.4, -0.2) is 50.2 Å². The second-order valence-corrected chi connectivity index (χ2v) is 7.23. The van der Waals surface area contributed by atoms with Crippen LogP contribution in [0, 0.1) is 0 Å². The monoisotopic (exact) mass is 283 g/mol. The Labute approximate surface area is 114 Å². The number of anilines is 1. The topological polar surface area (TPSA) is 62.3 Å². The normalized spacial score (nSPS) is 17.5. The summed E-state index contributed by atoms with van der Waals surface area (Å²) in [5.41, 5.74) is 0. The maximum atomic E-state index is 11.7. The third-order valence-electron chi connectivity index (χ3n) is 3.55. The van der Waals surface area contributed by atoms with Crippen molar-refractivity contribution in [2.45, 2.75) is 36.7 Å². The zero-order chi connectivity index (χ0) is 14.0. The molecule has 0 radical (unpaired) electrons. The lowest BCUT2D eigenvalue weighted by atomic mass is 10.3. The summed E-state index contributed by atoms with van der Waals surface area (Å²) < 4.78 is 23.3. The van der Waals surface area contributed by atoms with Gasteiger partial charge in [0, 0.05) is 31.1 Å². The van der Waals surface area contributed by atoms with Crippen LogP contribution in [0.15, 0.2) is 23.2 Å². The highest BCUT2D eigenvalue weighted by atomic mass is 32.2. The van der Waals surface area contributed by atoms with Crippen molar-refractivity contribution < 1.29 is 8.42 Å². The first-order chi connectivity index (χ1) is 8.89. The van der Waals surface area contributed by atoms with Crippen LogP contribution < -0.4 is 5.32 Å². The van der Waals surface area contributed by atoms with Crippen molar-refractivity contribution >= 4 is 15.7 Å². The fourth-order valence-corrected chi connectivity index (χ4v) is 2.85. The Kier molecular flexibility index (Phi) is 4.10. The minimum Gasteiger partial charge on any atom is -0.367 e. The van der Waals surface area contributed by atoms with Crippen molar-refractivity contribution in [3.63, 3.8) is 0 Å². The lowest BCUT2D eigenvalue weighted by Gasteiger charge is -2.25. The number of likely N-dealkylation sites (N-methyl/N-ethyl adjacent to an activating group) is 1. The molecule has 0 bridgehead atoms. The van der Waals surface area contributed by atoms with Gasteiger partial charge in [-0.15, -0.1) is 0 Å². The molecule has 1 aliphatic rings. The fourth-order valence-electron chi connectivity index (χ4n) is 2.05. The number of hydrogen-bond acceptors (Lipinski definition) is 5. The van der Waals surface area contributed by atoms with Gasteiger partial charge in [0.25, 0.3) is 0 Å².